The number of amidine groups is 1. The fraction of sp³-hybridized carbons (Fsp3) is 0.429. The van der Waals surface area contributed by atoms with Crippen molar-refractivity contribution in [2.45, 2.75) is 19.5 Å². The van der Waals surface area contributed by atoms with Crippen molar-refractivity contribution in [2.24, 2.45) is 10.9 Å². The lowest BCUT2D eigenvalue weighted by atomic mass is 10.1. The number of nitrogens with zero attached hydrogens (tertiary/aromatic N) is 1. The molecule has 0 heterocycles. The first kappa shape index (κ1) is 16.9. The van der Waals surface area contributed by atoms with Gasteiger partial charge < -0.3 is 26.3 Å². The molecule has 0 bridgehead atoms. The number of hydrogen-bond acceptors (Lipinski definition) is 5. The van der Waals surface area contributed by atoms with Gasteiger partial charge in [-0.2, -0.15) is 0 Å². The summed E-state index contributed by atoms with van der Waals surface area (Å²) in [5, 5.41) is 17.6. The molecule has 1 rings (SSSR count). The lowest BCUT2D eigenvalue weighted by Crippen LogP contribution is -2.43. The van der Waals surface area contributed by atoms with Crippen molar-refractivity contribution in [1.82, 2.24) is 10.6 Å². The molecule has 0 aliphatic rings. The van der Waals surface area contributed by atoms with Crippen LogP contribution in [0, 0.1) is 0 Å². The maximum Gasteiger partial charge on any atom is 0.236 e. The standard InChI is InChI=1S/C14H22N4O3/c1-10(14(19)16-7-8-21-2)17-9-11-5-3-4-6-12(11)13(15)18-20/h3-6,10,17,20H,7-9H2,1-2H3,(H2,15,18)(H,16,19). The third-order valence-corrected chi connectivity index (χ3v) is 3.00. The molecule has 0 aromatic heterocycles. The number of amides is 1. The third-order valence-electron chi connectivity index (χ3n) is 3.00. The van der Waals surface area contributed by atoms with Crippen LogP contribution in [0.1, 0.15) is 18.1 Å². The molecular weight excluding hydrogens is 272 g/mol. The molecule has 21 heavy (non-hydrogen) atoms. The van der Waals surface area contributed by atoms with E-state index < -0.39 is 0 Å². The summed E-state index contributed by atoms with van der Waals surface area (Å²) in [5.74, 6) is -0.0575. The predicted octanol–water partition coefficient (Wildman–Crippen LogP) is 0.0218. The van der Waals surface area contributed by atoms with Gasteiger partial charge in [-0.1, -0.05) is 29.4 Å². The second-order valence-electron chi connectivity index (χ2n) is 4.53. The number of carbonyl (C=O) groups is 1. The average Bonchev–Trinajstić information content (AvgIpc) is 2.52. The molecule has 7 heteroatoms. The largest absolute Gasteiger partial charge is 0.409 e. The quantitative estimate of drug-likeness (QED) is 0.178. The number of benzene rings is 1. The van der Waals surface area contributed by atoms with Gasteiger partial charge in [0.1, 0.15) is 0 Å². The number of rotatable bonds is 8. The second kappa shape index (κ2) is 8.93. The van der Waals surface area contributed by atoms with E-state index in [2.05, 4.69) is 15.8 Å². The van der Waals surface area contributed by atoms with Crippen LogP contribution in [0.25, 0.3) is 0 Å². The van der Waals surface area contributed by atoms with Crippen molar-refractivity contribution in [3.8, 4) is 0 Å². The second-order valence-corrected chi connectivity index (χ2v) is 4.53. The van der Waals surface area contributed by atoms with Crippen molar-refractivity contribution in [3.05, 3.63) is 35.4 Å². The van der Waals surface area contributed by atoms with Crippen LogP contribution in [0.4, 0.5) is 0 Å². The number of nitrogens with two attached hydrogens (primary N) is 1. The minimum absolute atomic E-state index is 0.0459. The smallest absolute Gasteiger partial charge is 0.236 e. The minimum atomic E-state index is -0.359. The average molecular weight is 294 g/mol. The maximum atomic E-state index is 11.8. The van der Waals surface area contributed by atoms with Gasteiger partial charge in [0.15, 0.2) is 5.84 Å². The van der Waals surface area contributed by atoms with Gasteiger partial charge >= 0.3 is 0 Å². The summed E-state index contributed by atoms with van der Waals surface area (Å²) < 4.78 is 4.87. The Balaban J connectivity index is 2.57. The number of oxime groups is 1. The molecule has 1 aromatic carbocycles. The molecule has 0 spiro atoms. The van der Waals surface area contributed by atoms with Gasteiger partial charge in [-0.25, -0.2) is 0 Å². The Morgan fingerprint density at radius 2 is 2.19 bits per heavy atom. The molecule has 0 fully saturated rings. The van der Waals surface area contributed by atoms with E-state index in [1.54, 1.807) is 26.2 Å². The SMILES string of the molecule is COCCNC(=O)C(C)NCc1ccccc1/C(N)=N/O. The van der Waals surface area contributed by atoms with Crippen molar-refractivity contribution in [2.75, 3.05) is 20.3 Å². The molecule has 1 atom stereocenters. The number of nitrogens with one attached hydrogen (secondary N) is 2. The molecule has 0 radical (unpaired) electrons. The fourth-order valence-electron chi connectivity index (χ4n) is 1.76. The van der Waals surface area contributed by atoms with Gasteiger partial charge in [-0.3, -0.25) is 4.79 Å². The minimum Gasteiger partial charge on any atom is -0.409 e. The molecule has 7 nitrogen and oxygen atoms in total. The molecule has 1 amide bonds. The Labute approximate surface area is 124 Å². The summed E-state index contributed by atoms with van der Waals surface area (Å²) in [5.41, 5.74) is 7.11. The molecule has 1 aromatic rings. The van der Waals surface area contributed by atoms with Crippen molar-refractivity contribution in [1.29, 1.82) is 0 Å². The number of carbonyl (C=O) groups excluding carboxylic acids is 1. The molecular formula is C14H22N4O3. The van der Waals surface area contributed by atoms with Crippen molar-refractivity contribution >= 4 is 11.7 Å². The van der Waals surface area contributed by atoms with Gasteiger partial charge in [0.2, 0.25) is 5.91 Å². The molecule has 0 aliphatic carbocycles. The van der Waals surface area contributed by atoms with E-state index >= 15 is 0 Å². The zero-order valence-electron chi connectivity index (χ0n) is 12.3. The third kappa shape index (κ3) is 5.41. The van der Waals surface area contributed by atoms with Crippen LogP contribution in [-0.4, -0.2) is 43.3 Å². The summed E-state index contributed by atoms with van der Waals surface area (Å²) in [6.07, 6.45) is 0. The van der Waals surface area contributed by atoms with E-state index in [-0.39, 0.29) is 17.8 Å². The van der Waals surface area contributed by atoms with Crippen LogP contribution in [-0.2, 0) is 16.1 Å². The summed E-state index contributed by atoms with van der Waals surface area (Å²) in [6, 6.07) is 6.92. The summed E-state index contributed by atoms with van der Waals surface area (Å²) in [7, 11) is 1.58. The van der Waals surface area contributed by atoms with E-state index in [4.69, 9.17) is 15.7 Å². The topological polar surface area (TPSA) is 109 Å². The van der Waals surface area contributed by atoms with E-state index in [9.17, 15) is 4.79 Å². The molecule has 116 valence electrons. The van der Waals surface area contributed by atoms with Gasteiger partial charge in [0.05, 0.1) is 12.6 Å². The Morgan fingerprint density at radius 1 is 1.48 bits per heavy atom. The zero-order valence-corrected chi connectivity index (χ0v) is 12.3. The number of hydrogen-bond donors (Lipinski definition) is 4. The lowest BCUT2D eigenvalue weighted by molar-refractivity contribution is -0.122. The van der Waals surface area contributed by atoms with Crippen molar-refractivity contribution < 1.29 is 14.7 Å². The zero-order chi connectivity index (χ0) is 15.7. The highest BCUT2D eigenvalue weighted by Gasteiger charge is 2.13. The summed E-state index contributed by atoms with van der Waals surface area (Å²) in [6.45, 7) is 3.16. The Kier molecular flexibility index (Phi) is 7.20. The highest BCUT2D eigenvalue weighted by molar-refractivity contribution is 5.98. The van der Waals surface area contributed by atoms with E-state index in [0.29, 0.717) is 25.3 Å². The molecule has 0 saturated heterocycles. The van der Waals surface area contributed by atoms with E-state index in [0.717, 1.165) is 5.56 Å². The van der Waals surface area contributed by atoms with Crippen LogP contribution in [0.2, 0.25) is 0 Å². The van der Waals surface area contributed by atoms with Gasteiger partial charge in [0.25, 0.3) is 0 Å². The van der Waals surface area contributed by atoms with E-state index in [1.165, 1.54) is 0 Å². The van der Waals surface area contributed by atoms with Gasteiger partial charge in [-0.15, -0.1) is 0 Å². The van der Waals surface area contributed by atoms with Crippen LogP contribution in [0.3, 0.4) is 0 Å². The van der Waals surface area contributed by atoms with Crippen molar-refractivity contribution in [3.63, 3.8) is 0 Å². The Hall–Kier alpha value is -2.12. The van der Waals surface area contributed by atoms with Crippen LogP contribution in [0.5, 0.6) is 0 Å². The molecule has 0 aliphatic heterocycles. The molecule has 0 saturated carbocycles. The van der Waals surface area contributed by atoms with Gasteiger partial charge in [-0.05, 0) is 12.5 Å². The van der Waals surface area contributed by atoms with E-state index in [1.807, 2.05) is 12.1 Å². The lowest BCUT2D eigenvalue weighted by Gasteiger charge is -2.15. The Morgan fingerprint density at radius 3 is 2.86 bits per heavy atom. The first-order valence-electron chi connectivity index (χ1n) is 6.66. The Bertz CT molecular complexity index is 491. The molecule has 1 unspecified atom stereocenters. The predicted molar refractivity (Wildman–Crippen MR) is 80.1 cm³/mol. The number of ether oxygens (including phenoxy) is 1. The van der Waals surface area contributed by atoms with Crippen LogP contribution >= 0.6 is 0 Å². The normalized spacial score (nSPS) is 13.0. The summed E-state index contributed by atoms with van der Waals surface area (Å²) in [4.78, 5) is 11.8. The first-order chi connectivity index (χ1) is 10.1. The highest BCUT2D eigenvalue weighted by Crippen LogP contribution is 2.08. The first-order valence-corrected chi connectivity index (χ1v) is 6.66. The highest BCUT2D eigenvalue weighted by atomic mass is 16.5. The summed E-state index contributed by atoms with van der Waals surface area (Å²) >= 11 is 0. The van der Waals surface area contributed by atoms with Crippen LogP contribution in [0.15, 0.2) is 29.4 Å². The number of methoxy groups -OCH3 is 1. The maximum absolute atomic E-state index is 11.8. The van der Waals surface area contributed by atoms with Crippen LogP contribution < -0.4 is 16.4 Å². The monoisotopic (exact) mass is 294 g/mol. The fourth-order valence-corrected chi connectivity index (χ4v) is 1.76. The molecule has 5 N–H and O–H groups in total. The van der Waals surface area contributed by atoms with Gasteiger partial charge in [0, 0.05) is 25.8 Å².